The van der Waals surface area contributed by atoms with Gasteiger partial charge in [0.1, 0.15) is 0 Å². The monoisotopic (exact) mass is 309 g/mol. The Hall–Kier alpha value is -1.85. The lowest BCUT2D eigenvalue weighted by molar-refractivity contribution is 0.380. The van der Waals surface area contributed by atoms with E-state index in [-0.39, 0.29) is 0 Å². The molecule has 1 aromatic rings. The lowest BCUT2D eigenvalue weighted by Gasteiger charge is -2.35. The van der Waals surface area contributed by atoms with E-state index in [4.69, 9.17) is 11.0 Å². The largest absolute Gasteiger partial charge is 0.396 e. The minimum atomic E-state index is -3.55. The van der Waals surface area contributed by atoms with Crippen LogP contribution in [0.3, 0.4) is 0 Å². The van der Waals surface area contributed by atoms with Gasteiger partial charge in [-0.05, 0) is 18.6 Å². The van der Waals surface area contributed by atoms with Gasteiger partial charge in [-0.15, -0.1) is 0 Å². The number of aromatic nitrogens is 1. The first kappa shape index (κ1) is 15.5. The molecule has 2 rings (SSSR count). The summed E-state index contributed by atoms with van der Waals surface area (Å²) in [7, 11) is -3.55. The maximum atomic E-state index is 12.3. The predicted octanol–water partition coefficient (Wildman–Crippen LogP) is 0.418. The second kappa shape index (κ2) is 6.28. The van der Waals surface area contributed by atoms with Crippen molar-refractivity contribution in [3.63, 3.8) is 0 Å². The molecule has 1 fully saturated rings. The average Bonchev–Trinajstić information content (AvgIpc) is 2.49. The van der Waals surface area contributed by atoms with E-state index >= 15 is 0 Å². The van der Waals surface area contributed by atoms with Crippen molar-refractivity contribution in [1.29, 1.82) is 5.26 Å². The third kappa shape index (κ3) is 3.09. The van der Waals surface area contributed by atoms with Crippen LogP contribution in [0.1, 0.15) is 13.3 Å². The van der Waals surface area contributed by atoms with Crippen LogP contribution < -0.4 is 10.6 Å². The van der Waals surface area contributed by atoms with E-state index in [1.54, 1.807) is 25.3 Å². The molecule has 1 atom stereocenters. The highest BCUT2D eigenvalue weighted by atomic mass is 32.2. The highest BCUT2D eigenvalue weighted by Gasteiger charge is 2.33. The number of sulfonamides is 1. The third-order valence-corrected chi connectivity index (χ3v) is 5.83. The first-order chi connectivity index (χ1) is 10.0. The Bertz CT molecular complexity index is 632. The highest BCUT2D eigenvalue weighted by Crippen LogP contribution is 2.22. The van der Waals surface area contributed by atoms with Crippen molar-refractivity contribution in [1.82, 2.24) is 9.29 Å². The number of nitrogen functional groups attached to an aromatic ring is 1. The van der Waals surface area contributed by atoms with Crippen molar-refractivity contribution in [2.75, 3.05) is 36.8 Å². The van der Waals surface area contributed by atoms with Gasteiger partial charge in [-0.2, -0.15) is 9.57 Å². The van der Waals surface area contributed by atoms with Gasteiger partial charge in [0.15, 0.2) is 11.1 Å². The summed E-state index contributed by atoms with van der Waals surface area (Å²) in [5.74, 6) is 0.682. The smallest absolute Gasteiger partial charge is 0.230 e. The molecule has 2 heterocycles. The number of anilines is 2. The molecule has 8 heteroatoms. The molecule has 7 nitrogen and oxygen atoms in total. The van der Waals surface area contributed by atoms with E-state index in [0.717, 1.165) is 0 Å². The van der Waals surface area contributed by atoms with Crippen LogP contribution >= 0.6 is 0 Å². The summed E-state index contributed by atoms with van der Waals surface area (Å²) in [4.78, 5) is 6.20. The summed E-state index contributed by atoms with van der Waals surface area (Å²) in [6, 6.07) is 5.40. The summed E-state index contributed by atoms with van der Waals surface area (Å²) in [6.45, 7) is 3.42. The second-order valence-corrected chi connectivity index (χ2v) is 6.99. The fourth-order valence-electron chi connectivity index (χ4n) is 2.38. The van der Waals surface area contributed by atoms with E-state index < -0.39 is 15.3 Å². The molecular formula is C13H19N5O2S. The number of nitrogens with zero attached hydrogens (tertiary/aromatic N) is 4. The molecule has 0 saturated carbocycles. The molecule has 1 unspecified atom stereocenters. The van der Waals surface area contributed by atoms with Crippen LogP contribution in [-0.4, -0.2) is 49.1 Å². The Balaban J connectivity index is 2.08. The minimum absolute atomic E-state index is 0.298. The van der Waals surface area contributed by atoms with Crippen molar-refractivity contribution >= 4 is 21.5 Å². The summed E-state index contributed by atoms with van der Waals surface area (Å²) >= 11 is 0. The number of rotatable bonds is 4. The van der Waals surface area contributed by atoms with Crippen molar-refractivity contribution < 1.29 is 8.42 Å². The van der Waals surface area contributed by atoms with Crippen LogP contribution in [0.2, 0.25) is 0 Å². The molecule has 1 aromatic heterocycles. The lowest BCUT2D eigenvalue weighted by Crippen LogP contribution is -2.51. The fraction of sp³-hybridized carbons (Fsp3) is 0.538. The molecule has 1 aliphatic heterocycles. The second-order valence-electron chi connectivity index (χ2n) is 4.87. The topological polar surface area (TPSA) is 103 Å². The number of nitrogens with two attached hydrogens (primary N) is 1. The molecule has 0 spiro atoms. The van der Waals surface area contributed by atoms with Gasteiger partial charge < -0.3 is 10.6 Å². The van der Waals surface area contributed by atoms with Gasteiger partial charge in [0.25, 0.3) is 0 Å². The number of pyridine rings is 1. The molecule has 0 aliphatic carbocycles. The summed E-state index contributed by atoms with van der Waals surface area (Å²) in [5.41, 5.74) is 6.46. The molecule has 114 valence electrons. The number of hydrogen-bond acceptors (Lipinski definition) is 6. The van der Waals surface area contributed by atoms with E-state index in [1.165, 1.54) is 4.31 Å². The summed E-state index contributed by atoms with van der Waals surface area (Å²) in [6.07, 6.45) is 1.96. The van der Waals surface area contributed by atoms with E-state index in [9.17, 15) is 8.42 Å². The molecule has 0 aromatic carbocycles. The van der Waals surface area contributed by atoms with Crippen LogP contribution in [-0.2, 0) is 10.0 Å². The van der Waals surface area contributed by atoms with Gasteiger partial charge >= 0.3 is 0 Å². The normalized spacial score (nSPS) is 18.2. The van der Waals surface area contributed by atoms with Crippen LogP contribution in [0, 0.1) is 11.3 Å². The third-order valence-electron chi connectivity index (χ3n) is 3.59. The Morgan fingerprint density at radius 1 is 1.43 bits per heavy atom. The van der Waals surface area contributed by atoms with Crippen molar-refractivity contribution in [3.05, 3.63) is 18.3 Å². The van der Waals surface area contributed by atoms with Gasteiger partial charge in [-0.3, -0.25) is 0 Å². The Kier molecular flexibility index (Phi) is 4.65. The zero-order valence-corrected chi connectivity index (χ0v) is 12.8. The number of nitriles is 1. The highest BCUT2D eigenvalue weighted by molar-refractivity contribution is 7.90. The van der Waals surface area contributed by atoms with E-state index in [1.807, 2.05) is 11.0 Å². The minimum Gasteiger partial charge on any atom is -0.396 e. The molecule has 1 saturated heterocycles. The zero-order chi connectivity index (χ0) is 15.5. The van der Waals surface area contributed by atoms with Crippen LogP contribution in [0.5, 0.6) is 0 Å². The molecule has 2 N–H and O–H groups in total. The molecule has 21 heavy (non-hydrogen) atoms. The number of hydrogen-bond donors (Lipinski definition) is 1. The molecule has 0 amide bonds. The van der Waals surface area contributed by atoms with Gasteiger partial charge in [0.2, 0.25) is 10.0 Å². The summed E-state index contributed by atoms with van der Waals surface area (Å²) in [5, 5.41) is 8.00. The van der Waals surface area contributed by atoms with Crippen LogP contribution in [0.4, 0.5) is 11.5 Å². The predicted molar refractivity (Wildman–Crippen MR) is 81.0 cm³/mol. The van der Waals surface area contributed by atoms with Crippen LogP contribution in [0.25, 0.3) is 0 Å². The summed E-state index contributed by atoms with van der Waals surface area (Å²) < 4.78 is 26.0. The van der Waals surface area contributed by atoms with Gasteiger partial charge in [-0.25, -0.2) is 13.4 Å². The first-order valence-corrected chi connectivity index (χ1v) is 8.35. The van der Waals surface area contributed by atoms with Crippen LogP contribution in [0.15, 0.2) is 18.3 Å². The average molecular weight is 309 g/mol. The Morgan fingerprint density at radius 2 is 2.10 bits per heavy atom. The lowest BCUT2D eigenvalue weighted by atomic mass is 10.3. The molecule has 1 aliphatic rings. The Labute approximate surface area is 125 Å². The van der Waals surface area contributed by atoms with E-state index in [2.05, 4.69) is 4.98 Å². The zero-order valence-electron chi connectivity index (χ0n) is 11.9. The van der Waals surface area contributed by atoms with Crippen molar-refractivity contribution in [3.8, 4) is 6.07 Å². The standard InChI is InChI=1S/C13H19N5O2S/c1-2-11(10-14)21(19,20)18-8-6-17(7-9-18)13-12(15)4-3-5-16-13/h3-5,11H,2,6-9,15H2,1H3. The molecule has 0 bridgehead atoms. The van der Waals surface area contributed by atoms with Gasteiger partial charge in [0, 0.05) is 32.4 Å². The maximum Gasteiger partial charge on any atom is 0.230 e. The molecule has 0 radical (unpaired) electrons. The maximum absolute atomic E-state index is 12.3. The van der Waals surface area contributed by atoms with Gasteiger partial charge in [-0.1, -0.05) is 6.92 Å². The fourth-order valence-corrected chi connectivity index (χ4v) is 3.96. The van der Waals surface area contributed by atoms with Gasteiger partial charge in [0.05, 0.1) is 11.8 Å². The molecular weight excluding hydrogens is 290 g/mol. The SMILES string of the molecule is CCC(C#N)S(=O)(=O)N1CCN(c2ncccc2N)CC1. The Morgan fingerprint density at radius 3 is 2.62 bits per heavy atom. The number of piperazine rings is 1. The van der Waals surface area contributed by atoms with E-state index in [0.29, 0.717) is 44.1 Å². The quantitative estimate of drug-likeness (QED) is 0.864. The first-order valence-electron chi connectivity index (χ1n) is 6.84. The van der Waals surface area contributed by atoms with Crippen molar-refractivity contribution in [2.45, 2.75) is 18.6 Å². The van der Waals surface area contributed by atoms with Crippen molar-refractivity contribution in [2.24, 2.45) is 0 Å².